The Morgan fingerprint density at radius 1 is 1.18 bits per heavy atom. The summed E-state index contributed by atoms with van der Waals surface area (Å²) in [5.41, 5.74) is 8.18. The molecule has 1 amide bonds. The summed E-state index contributed by atoms with van der Waals surface area (Å²) >= 11 is 0. The second kappa shape index (κ2) is 5.09. The maximum absolute atomic E-state index is 11.8. The smallest absolute Gasteiger partial charge is 0.269 e. The van der Waals surface area contributed by atoms with E-state index in [1.807, 2.05) is 30.6 Å². The number of imidazole rings is 1. The van der Waals surface area contributed by atoms with Gasteiger partial charge in [0.1, 0.15) is 5.52 Å². The van der Waals surface area contributed by atoms with Crippen molar-refractivity contribution in [3.63, 3.8) is 0 Å². The zero-order valence-corrected chi connectivity index (χ0v) is 12.3. The minimum atomic E-state index is -0.523. The van der Waals surface area contributed by atoms with Crippen LogP contribution < -0.4 is 5.73 Å². The number of fused-ring (bicyclic) bond motifs is 3. The van der Waals surface area contributed by atoms with Crippen LogP contribution in [0.25, 0.3) is 21.9 Å². The van der Waals surface area contributed by atoms with Gasteiger partial charge in [-0.1, -0.05) is 37.5 Å². The number of aromatic nitrogens is 3. The number of amides is 1. The molecule has 1 aliphatic carbocycles. The van der Waals surface area contributed by atoms with E-state index < -0.39 is 5.91 Å². The monoisotopic (exact) mass is 294 g/mol. The maximum Gasteiger partial charge on any atom is 0.269 e. The number of primary amides is 1. The van der Waals surface area contributed by atoms with Gasteiger partial charge in [0.25, 0.3) is 5.91 Å². The van der Waals surface area contributed by atoms with Crippen molar-refractivity contribution < 1.29 is 4.79 Å². The zero-order valence-electron chi connectivity index (χ0n) is 12.3. The number of nitrogens with two attached hydrogens (primary N) is 1. The van der Waals surface area contributed by atoms with E-state index in [0.29, 0.717) is 11.6 Å². The zero-order chi connectivity index (χ0) is 15.1. The van der Waals surface area contributed by atoms with E-state index in [4.69, 9.17) is 5.73 Å². The molecule has 2 N–H and O–H groups in total. The Kier molecular flexibility index (Phi) is 3.06. The van der Waals surface area contributed by atoms with Crippen molar-refractivity contribution >= 4 is 27.8 Å². The highest BCUT2D eigenvalue weighted by atomic mass is 16.1. The summed E-state index contributed by atoms with van der Waals surface area (Å²) in [5.74, 6) is -0.523. The molecular weight excluding hydrogens is 276 g/mol. The molecule has 1 aliphatic rings. The van der Waals surface area contributed by atoms with Gasteiger partial charge in [0.15, 0.2) is 5.69 Å². The molecule has 4 rings (SSSR count). The lowest BCUT2D eigenvalue weighted by molar-refractivity contribution is 0.0997. The average Bonchev–Trinajstić information content (AvgIpc) is 3.00. The number of pyridine rings is 1. The third kappa shape index (κ3) is 1.96. The van der Waals surface area contributed by atoms with Gasteiger partial charge in [-0.2, -0.15) is 0 Å². The summed E-state index contributed by atoms with van der Waals surface area (Å²) in [6, 6.07) is 8.32. The molecule has 0 spiro atoms. The number of hydrogen-bond donors (Lipinski definition) is 1. The highest BCUT2D eigenvalue weighted by molar-refractivity contribution is 6.11. The van der Waals surface area contributed by atoms with Crippen molar-refractivity contribution in [3.05, 3.63) is 36.3 Å². The highest BCUT2D eigenvalue weighted by Crippen LogP contribution is 2.34. The summed E-state index contributed by atoms with van der Waals surface area (Å²) in [6.07, 6.45) is 7.97. The van der Waals surface area contributed by atoms with Gasteiger partial charge in [-0.15, -0.1) is 0 Å². The van der Waals surface area contributed by atoms with Crippen LogP contribution in [0.5, 0.6) is 0 Å². The molecule has 2 heterocycles. The van der Waals surface area contributed by atoms with Gasteiger partial charge >= 0.3 is 0 Å². The van der Waals surface area contributed by atoms with E-state index in [0.717, 1.165) is 29.3 Å². The Labute approximate surface area is 128 Å². The van der Waals surface area contributed by atoms with E-state index in [9.17, 15) is 4.79 Å². The Bertz CT molecular complexity index is 862. The van der Waals surface area contributed by atoms with Gasteiger partial charge in [0.2, 0.25) is 0 Å². The van der Waals surface area contributed by atoms with Crippen molar-refractivity contribution in [1.29, 1.82) is 0 Å². The molecule has 0 bridgehead atoms. The molecule has 0 radical (unpaired) electrons. The molecule has 5 nitrogen and oxygen atoms in total. The largest absolute Gasteiger partial charge is 0.364 e. The van der Waals surface area contributed by atoms with Gasteiger partial charge in [-0.25, -0.2) is 9.97 Å². The van der Waals surface area contributed by atoms with E-state index in [2.05, 4.69) is 14.5 Å². The third-order valence-electron chi connectivity index (χ3n) is 4.61. The number of hydrogen-bond acceptors (Lipinski definition) is 3. The van der Waals surface area contributed by atoms with Gasteiger partial charge in [-0.3, -0.25) is 4.79 Å². The fraction of sp³-hybridized carbons (Fsp3) is 0.353. The first-order valence-corrected chi connectivity index (χ1v) is 7.81. The molecule has 1 saturated carbocycles. The van der Waals surface area contributed by atoms with Gasteiger partial charge < -0.3 is 10.3 Å². The lowest BCUT2D eigenvalue weighted by Gasteiger charge is -2.24. The van der Waals surface area contributed by atoms with Gasteiger partial charge in [0.05, 0.1) is 17.4 Å². The lowest BCUT2D eigenvalue weighted by atomic mass is 9.95. The van der Waals surface area contributed by atoms with E-state index >= 15 is 0 Å². The molecule has 0 unspecified atom stereocenters. The molecule has 22 heavy (non-hydrogen) atoms. The normalized spacial score (nSPS) is 16.4. The second-order valence-corrected chi connectivity index (χ2v) is 5.98. The van der Waals surface area contributed by atoms with Crippen molar-refractivity contribution in [3.8, 4) is 0 Å². The predicted octanol–water partition coefficient (Wildman–Crippen LogP) is 3.19. The fourth-order valence-corrected chi connectivity index (χ4v) is 3.55. The molecule has 5 heteroatoms. The number of carbonyl (C=O) groups is 1. The Morgan fingerprint density at radius 3 is 2.73 bits per heavy atom. The first kappa shape index (κ1) is 13.2. The molecule has 2 aromatic heterocycles. The standard InChI is InChI=1S/C17H18N4O/c18-17(22)15-14-16(12-8-4-5-9-13(12)20-15)21(10-19-14)11-6-2-1-3-7-11/h4-5,8-11H,1-3,6-7H2,(H2,18,22). The lowest BCUT2D eigenvalue weighted by Crippen LogP contribution is -2.15. The van der Waals surface area contributed by atoms with Crippen LogP contribution >= 0.6 is 0 Å². The second-order valence-electron chi connectivity index (χ2n) is 5.98. The molecular formula is C17H18N4O. The predicted molar refractivity (Wildman–Crippen MR) is 85.7 cm³/mol. The first-order chi connectivity index (χ1) is 10.8. The third-order valence-corrected chi connectivity index (χ3v) is 4.61. The van der Waals surface area contributed by atoms with Crippen LogP contribution in [-0.4, -0.2) is 20.4 Å². The van der Waals surface area contributed by atoms with Crippen molar-refractivity contribution in [2.24, 2.45) is 5.73 Å². The number of carbonyl (C=O) groups excluding carboxylic acids is 1. The first-order valence-electron chi connectivity index (χ1n) is 7.81. The van der Waals surface area contributed by atoms with Crippen LogP contribution in [-0.2, 0) is 0 Å². The Morgan fingerprint density at radius 2 is 1.95 bits per heavy atom. The van der Waals surface area contributed by atoms with Crippen LogP contribution in [0, 0.1) is 0 Å². The summed E-state index contributed by atoms with van der Waals surface area (Å²) in [4.78, 5) is 20.6. The summed E-state index contributed by atoms with van der Waals surface area (Å²) in [7, 11) is 0. The molecule has 0 saturated heterocycles. The molecule has 1 aromatic carbocycles. The quantitative estimate of drug-likeness (QED) is 0.788. The molecule has 0 atom stereocenters. The molecule has 3 aromatic rings. The summed E-state index contributed by atoms with van der Waals surface area (Å²) in [5, 5.41) is 1.03. The topological polar surface area (TPSA) is 73.8 Å². The number of rotatable bonds is 2. The summed E-state index contributed by atoms with van der Waals surface area (Å²) in [6.45, 7) is 0. The SMILES string of the molecule is NC(=O)c1nc2ccccc2c2c1ncn2C1CCCCC1. The van der Waals surface area contributed by atoms with Crippen LogP contribution in [0.1, 0.15) is 48.6 Å². The molecule has 112 valence electrons. The van der Waals surface area contributed by atoms with Gasteiger partial charge in [-0.05, 0) is 18.9 Å². The minimum Gasteiger partial charge on any atom is -0.364 e. The number of nitrogens with zero attached hydrogens (tertiary/aromatic N) is 3. The van der Waals surface area contributed by atoms with Crippen LogP contribution in [0.3, 0.4) is 0 Å². The van der Waals surface area contributed by atoms with Crippen LogP contribution in [0.2, 0.25) is 0 Å². The Balaban J connectivity index is 2.04. The minimum absolute atomic E-state index is 0.267. The molecule has 0 aliphatic heterocycles. The van der Waals surface area contributed by atoms with Crippen LogP contribution in [0.15, 0.2) is 30.6 Å². The summed E-state index contributed by atoms with van der Waals surface area (Å²) < 4.78 is 2.23. The van der Waals surface area contributed by atoms with Crippen LogP contribution in [0.4, 0.5) is 0 Å². The van der Waals surface area contributed by atoms with Crippen molar-refractivity contribution in [2.75, 3.05) is 0 Å². The Hall–Kier alpha value is -2.43. The van der Waals surface area contributed by atoms with E-state index in [1.54, 1.807) is 0 Å². The number of benzene rings is 1. The highest BCUT2D eigenvalue weighted by Gasteiger charge is 2.22. The van der Waals surface area contributed by atoms with Crippen molar-refractivity contribution in [1.82, 2.24) is 14.5 Å². The van der Waals surface area contributed by atoms with Crippen molar-refractivity contribution in [2.45, 2.75) is 38.1 Å². The average molecular weight is 294 g/mol. The van der Waals surface area contributed by atoms with E-state index in [-0.39, 0.29) is 5.69 Å². The van der Waals surface area contributed by atoms with E-state index in [1.165, 1.54) is 19.3 Å². The molecule has 1 fully saturated rings. The maximum atomic E-state index is 11.8. The number of para-hydroxylation sites is 1. The fourth-order valence-electron chi connectivity index (χ4n) is 3.55. The van der Waals surface area contributed by atoms with Gasteiger partial charge in [0, 0.05) is 11.4 Å².